The van der Waals surface area contributed by atoms with E-state index in [2.05, 4.69) is 5.32 Å². The van der Waals surface area contributed by atoms with Crippen LogP contribution in [0.1, 0.15) is 56.4 Å². The van der Waals surface area contributed by atoms with E-state index in [-0.39, 0.29) is 47.1 Å². The van der Waals surface area contributed by atoms with Gasteiger partial charge in [-0.25, -0.2) is 18.4 Å². The van der Waals surface area contributed by atoms with E-state index < -0.39 is 40.3 Å². The number of fused-ring (bicyclic) bond motifs is 2. The zero-order valence-electron chi connectivity index (χ0n) is 19.2. The van der Waals surface area contributed by atoms with Crippen molar-refractivity contribution < 1.29 is 28.2 Å². The first-order valence-electron chi connectivity index (χ1n) is 11.5. The van der Waals surface area contributed by atoms with Crippen LogP contribution in [0.15, 0.2) is 17.1 Å². The third-order valence-corrected chi connectivity index (χ3v) is 6.74. The second kappa shape index (κ2) is 7.68. The van der Waals surface area contributed by atoms with Gasteiger partial charge in [0.1, 0.15) is 22.7 Å². The molecule has 0 spiro atoms. The zero-order chi connectivity index (χ0) is 24.5. The van der Waals surface area contributed by atoms with Gasteiger partial charge in [0.2, 0.25) is 5.43 Å². The Kier molecular flexibility index (Phi) is 5.11. The monoisotopic (exact) mass is 475 g/mol. The molecule has 3 aliphatic rings. The van der Waals surface area contributed by atoms with Crippen LogP contribution in [-0.4, -0.2) is 46.5 Å². The molecule has 182 valence electrons. The summed E-state index contributed by atoms with van der Waals surface area (Å²) in [5, 5.41) is 12.0. The molecule has 0 unspecified atom stereocenters. The number of halogens is 2. The summed E-state index contributed by atoms with van der Waals surface area (Å²) in [6.07, 6.45) is 2.86. The largest absolute Gasteiger partial charge is 0.477 e. The van der Waals surface area contributed by atoms with Crippen LogP contribution in [0, 0.1) is 23.5 Å². The zero-order valence-corrected chi connectivity index (χ0v) is 19.2. The molecule has 2 heterocycles. The van der Waals surface area contributed by atoms with E-state index >= 15 is 8.78 Å². The van der Waals surface area contributed by atoms with Gasteiger partial charge in [-0.1, -0.05) is 0 Å². The van der Waals surface area contributed by atoms with Crippen LogP contribution in [0.2, 0.25) is 0 Å². The number of aromatic nitrogens is 1. The number of hydrogen-bond acceptors (Lipinski definition) is 5. The summed E-state index contributed by atoms with van der Waals surface area (Å²) in [6, 6.07) is 0.476. The molecular weight excluding hydrogens is 448 g/mol. The van der Waals surface area contributed by atoms with E-state index in [0.29, 0.717) is 6.54 Å². The number of piperidine rings is 1. The normalized spacial score (nSPS) is 24.0. The van der Waals surface area contributed by atoms with Crippen LogP contribution >= 0.6 is 0 Å². The van der Waals surface area contributed by atoms with Gasteiger partial charge in [0.15, 0.2) is 5.82 Å². The minimum Gasteiger partial charge on any atom is -0.477 e. The highest BCUT2D eigenvalue weighted by molar-refractivity contribution is 5.94. The molecule has 5 rings (SSSR count). The van der Waals surface area contributed by atoms with Gasteiger partial charge in [0.25, 0.3) is 0 Å². The fraction of sp³-hybridized carbons (Fsp3) is 0.542. The number of anilines is 1. The summed E-state index contributed by atoms with van der Waals surface area (Å²) < 4.78 is 38.0. The first-order valence-corrected chi connectivity index (χ1v) is 11.5. The molecule has 2 aliphatic carbocycles. The minimum atomic E-state index is -1.43. The third kappa shape index (κ3) is 3.99. The molecule has 3 fully saturated rings. The molecule has 34 heavy (non-hydrogen) atoms. The topological polar surface area (TPSA) is 101 Å². The number of carboxylic acids is 1. The van der Waals surface area contributed by atoms with E-state index in [1.165, 1.54) is 4.57 Å². The number of nitrogens with zero attached hydrogens (tertiary/aromatic N) is 2. The SMILES string of the molecule is CC(C)(C)OC(=O)N[C@@H]1CN(c2c(F)cc3c(=O)c(C(=O)O)cn(C4CC4)c3c2F)C[C@H]2C[C@H]21. The van der Waals surface area contributed by atoms with Crippen molar-refractivity contribution in [2.24, 2.45) is 11.8 Å². The predicted octanol–water partition coefficient (Wildman–Crippen LogP) is 3.66. The lowest BCUT2D eigenvalue weighted by molar-refractivity contribution is 0.0494. The van der Waals surface area contributed by atoms with Gasteiger partial charge in [-0.05, 0) is 57.9 Å². The van der Waals surface area contributed by atoms with E-state index in [1.807, 2.05) is 0 Å². The van der Waals surface area contributed by atoms with E-state index in [0.717, 1.165) is 31.5 Å². The van der Waals surface area contributed by atoms with Crippen molar-refractivity contribution in [1.82, 2.24) is 9.88 Å². The molecule has 1 saturated heterocycles. The van der Waals surface area contributed by atoms with Crippen LogP contribution in [0.5, 0.6) is 0 Å². The lowest BCUT2D eigenvalue weighted by Crippen LogP contribution is -2.51. The Hall–Kier alpha value is -3.17. The van der Waals surface area contributed by atoms with Crippen molar-refractivity contribution >= 4 is 28.7 Å². The van der Waals surface area contributed by atoms with Gasteiger partial charge in [-0.3, -0.25) is 4.79 Å². The number of aromatic carboxylic acids is 1. The van der Waals surface area contributed by atoms with E-state index in [1.54, 1.807) is 25.7 Å². The smallest absolute Gasteiger partial charge is 0.407 e. The Morgan fingerprint density at radius 2 is 1.91 bits per heavy atom. The number of carboxylic acid groups (broad SMARTS) is 1. The Balaban J connectivity index is 1.53. The molecule has 8 nitrogen and oxygen atoms in total. The summed E-state index contributed by atoms with van der Waals surface area (Å²) in [7, 11) is 0. The lowest BCUT2D eigenvalue weighted by atomic mass is 10.0. The van der Waals surface area contributed by atoms with Gasteiger partial charge in [0, 0.05) is 25.3 Å². The first kappa shape index (κ1) is 22.6. The molecule has 1 aromatic carbocycles. The van der Waals surface area contributed by atoms with Gasteiger partial charge in [-0.15, -0.1) is 0 Å². The molecule has 1 amide bonds. The fourth-order valence-electron chi connectivity index (χ4n) is 5.01. The van der Waals surface area contributed by atoms with Crippen molar-refractivity contribution in [3.63, 3.8) is 0 Å². The van der Waals surface area contributed by atoms with Gasteiger partial charge >= 0.3 is 12.1 Å². The number of carbonyl (C=O) groups excluding carboxylic acids is 1. The molecule has 1 aromatic heterocycles. The molecule has 2 N–H and O–H groups in total. The van der Waals surface area contributed by atoms with Crippen LogP contribution in [0.25, 0.3) is 10.9 Å². The second-order valence-electron chi connectivity index (χ2n) is 10.5. The lowest BCUT2D eigenvalue weighted by Gasteiger charge is -2.35. The van der Waals surface area contributed by atoms with Crippen molar-refractivity contribution in [3.8, 4) is 0 Å². The van der Waals surface area contributed by atoms with E-state index in [4.69, 9.17) is 4.74 Å². The average Bonchev–Trinajstić information content (AvgIpc) is 3.61. The molecular formula is C24H27F2N3O5. The number of alkyl carbamates (subject to hydrolysis) is 1. The fourth-order valence-corrected chi connectivity index (χ4v) is 5.01. The highest BCUT2D eigenvalue weighted by Gasteiger charge is 2.49. The molecule has 0 bridgehead atoms. The Morgan fingerprint density at radius 3 is 2.53 bits per heavy atom. The summed E-state index contributed by atoms with van der Waals surface area (Å²) in [6.45, 7) is 5.90. The first-order chi connectivity index (χ1) is 15.9. The summed E-state index contributed by atoms with van der Waals surface area (Å²) in [4.78, 5) is 38.1. The maximum absolute atomic E-state index is 15.9. The third-order valence-electron chi connectivity index (χ3n) is 6.74. The Morgan fingerprint density at radius 1 is 1.21 bits per heavy atom. The summed E-state index contributed by atoms with van der Waals surface area (Å²) in [5.74, 6) is -2.84. The number of carbonyl (C=O) groups is 2. The minimum absolute atomic E-state index is 0.0801. The number of pyridine rings is 1. The highest BCUT2D eigenvalue weighted by atomic mass is 19.1. The average molecular weight is 475 g/mol. The molecule has 2 saturated carbocycles. The number of benzene rings is 1. The standard InChI is InChI=1S/C24H27F2N3O5/c1-24(2,3)34-23(33)27-17-10-28(8-11-6-13(11)17)20-16(25)7-14-19(18(20)26)29(12-4-5-12)9-15(21(14)30)22(31)32/h7,9,11-13,17H,4-6,8,10H2,1-3H3,(H,27,33)(H,31,32)/t11-,13-,17-/m1/s1. The summed E-state index contributed by atoms with van der Waals surface area (Å²) >= 11 is 0. The maximum atomic E-state index is 15.9. The van der Waals surface area contributed by atoms with Crippen LogP contribution in [0.3, 0.4) is 0 Å². The van der Waals surface area contributed by atoms with Crippen molar-refractivity contribution in [2.75, 3.05) is 18.0 Å². The quantitative estimate of drug-likeness (QED) is 0.700. The van der Waals surface area contributed by atoms with Crippen molar-refractivity contribution in [1.29, 1.82) is 0 Å². The molecule has 10 heteroatoms. The van der Waals surface area contributed by atoms with Crippen LogP contribution in [0.4, 0.5) is 19.3 Å². The van der Waals surface area contributed by atoms with Gasteiger partial charge < -0.3 is 24.6 Å². The number of rotatable bonds is 4. The van der Waals surface area contributed by atoms with Crippen LogP contribution in [-0.2, 0) is 4.74 Å². The summed E-state index contributed by atoms with van der Waals surface area (Å²) in [5.41, 5.74) is -2.42. The number of amides is 1. The Bertz CT molecular complexity index is 1260. The van der Waals surface area contributed by atoms with Crippen molar-refractivity contribution in [3.05, 3.63) is 39.7 Å². The number of ether oxygens (including phenoxy) is 1. The predicted molar refractivity (Wildman–Crippen MR) is 120 cm³/mol. The Labute approximate surface area is 194 Å². The molecule has 3 atom stereocenters. The molecule has 1 aliphatic heterocycles. The van der Waals surface area contributed by atoms with E-state index in [9.17, 15) is 19.5 Å². The van der Waals surface area contributed by atoms with Gasteiger partial charge in [-0.2, -0.15) is 0 Å². The number of hydrogen-bond donors (Lipinski definition) is 2. The molecule has 2 aromatic rings. The molecule has 0 radical (unpaired) electrons. The second-order valence-corrected chi connectivity index (χ2v) is 10.5. The maximum Gasteiger partial charge on any atom is 0.407 e. The van der Waals surface area contributed by atoms with Crippen molar-refractivity contribution in [2.45, 2.75) is 57.7 Å². The van der Waals surface area contributed by atoms with Gasteiger partial charge in [0.05, 0.1) is 16.9 Å². The highest BCUT2D eigenvalue weighted by Crippen LogP contribution is 2.47. The number of nitrogens with one attached hydrogen (secondary N) is 1. The van der Waals surface area contributed by atoms with Crippen LogP contribution < -0.4 is 15.6 Å².